The average molecular weight is 380 g/mol. The van der Waals surface area contributed by atoms with E-state index in [1.165, 1.54) is 17.0 Å². The number of halogens is 6. The van der Waals surface area contributed by atoms with Crippen molar-refractivity contribution in [2.45, 2.75) is 12.0 Å². The van der Waals surface area contributed by atoms with Gasteiger partial charge in [-0.25, -0.2) is 13.2 Å². The Kier molecular flexibility index (Phi) is 7.23. The largest absolute Gasteiger partial charge is 0.390 e. The number of aliphatic hydroxyl groups excluding tert-OH is 1. The molecule has 1 aromatic carbocycles. The monoisotopic (exact) mass is 378 g/mol. The molecule has 0 aromatic heterocycles. The van der Waals surface area contributed by atoms with Crippen molar-refractivity contribution >= 4 is 35.6 Å². The molecule has 0 aliphatic carbocycles. The van der Waals surface area contributed by atoms with E-state index < -0.39 is 24.4 Å². The van der Waals surface area contributed by atoms with Gasteiger partial charge in [-0.15, -0.1) is 12.4 Å². The van der Waals surface area contributed by atoms with Crippen LogP contribution < -0.4 is 5.32 Å². The van der Waals surface area contributed by atoms with E-state index in [4.69, 9.17) is 28.3 Å². The topological polar surface area (TPSA) is 35.5 Å². The predicted octanol–water partition coefficient (Wildman–Crippen LogP) is 3.13. The van der Waals surface area contributed by atoms with E-state index in [2.05, 4.69) is 5.32 Å². The van der Waals surface area contributed by atoms with Crippen LogP contribution in [-0.2, 0) is 0 Å². The van der Waals surface area contributed by atoms with Gasteiger partial charge in [-0.2, -0.15) is 0 Å². The van der Waals surface area contributed by atoms with Gasteiger partial charge in [0, 0.05) is 36.8 Å². The molecule has 3 nitrogen and oxygen atoms in total. The van der Waals surface area contributed by atoms with Crippen molar-refractivity contribution in [3.8, 4) is 0 Å². The van der Waals surface area contributed by atoms with Crippen molar-refractivity contribution in [2.24, 2.45) is 0 Å². The Morgan fingerprint density at radius 1 is 1.23 bits per heavy atom. The van der Waals surface area contributed by atoms with Gasteiger partial charge in [0.05, 0.1) is 5.02 Å². The summed E-state index contributed by atoms with van der Waals surface area (Å²) < 4.78 is 42.7. The predicted molar refractivity (Wildman–Crippen MR) is 82.9 cm³/mol. The molecule has 1 heterocycles. The summed E-state index contributed by atoms with van der Waals surface area (Å²) in [5, 5.41) is 11.6. The Morgan fingerprint density at radius 3 is 2.32 bits per heavy atom. The molecule has 9 heteroatoms. The highest BCUT2D eigenvalue weighted by molar-refractivity contribution is 6.33. The molecular formula is C13H16Cl3F3N2O. The highest BCUT2D eigenvalue weighted by atomic mass is 35.5. The molecule has 22 heavy (non-hydrogen) atoms. The van der Waals surface area contributed by atoms with Crippen LogP contribution in [0.25, 0.3) is 0 Å². The summed E-state index contributed by atoms with van der Waals surface area (Å²) in [6.07, 6.45) is 0. The molecule has 0 bridgehead atoms. The minimum absolute atomic E-state index is 0. The van der Waals surface area contributed by atoms with Crippen molar-refractivity contribution in [3.05, 3.63) is 33.6 Å². The molecule has 0 spiro atoms. The second kappa shape index (κ2) is 8.04. The van der Waals surface area contributed by atoms with Crippen LogP contribution in [0, 0.1) is 5.82 Å². The lowest BCUT2D eigenvalue weighted by molar-refractivity contribution is -0.119. The van der Waals surface area contributed by atoms with Gasteiger partial charge in [-0.3, -0.25) is 4.90 Å². The molecule has 0 saturated carbocycles. The van der Waals surface area contributed by atoms with Gasteiger partial charge in [-0.05, 0) is 12.1 Å². The fraction of sp³-hybridized carbons (Fsp3) is 0.538. The van der Waals surface area contributed by atoms with Crippen molar-refractivity contribution in [2.75, 3.05) is 32.8 Å². The third-order valence-corrected chi connectivity index (χ3v) is 4.10. The smallest absolute Gasteiger partial charge is 0.290 e. The normalized spacial score (nSPS) is 17.9. The minimum Gasteiger partial charge on any atom is -0.390 e. The van der Waals surface area contributed by atoms with Crippen LogP contribution in [0.4, 0.5) is 13.2 Å². The number of piperazine rings is 1. The zero-order valence-electron chi connectivity index (χ0n) is 11.5. The minimum atomic E-state index is -3.54. The summed E-state index contributed by atoms with van der Waals surface area (Å²) >= 11 is 11.6. The second-order valence-corrected chi connectivity index (χ2v) is 5.68. The quantitative estimate of drug-likeness (QED) is 0.789. The van der Waals surface area contributed by atoms with E-state index in [0.717, 1.165) is 0 Å². The first-order chi connectivity index (χ1) is 9.88. The Bertz CT molecular complexity index is 514. The number of benzene rings is 1. The Labute approximate surface area is 142 Å². The lowest BCUT2D eigenvalue weighted by atomic mass is 9.97. The third kappa shape index (κ3) is 3.99. The van der Waals surface area contributed by atoms with Crippen molar-refractivity contribution < 1.29 is 18.3 Å². The van der Waals surface area contributed by atoms with E-state index in [9.17, 15) is 13.2 Å². The first-order valence-electron chi connectivity index (χ1n) is 6.45. The molecule has 2 rings (SSSR count). The van der Waals surface area contributed by atoms with E-state index in [1.54, 1.807) is 0 Å². The number of hydrogen-bond donors (Lipinski definition) is 2. The van der Waals surface area contributed by atoms with E-state index >= 15 is 0 Å². The van der Waals surface area contributed by atoms with Crippen LogP contribution >= 0.6 is 35.6 Å². The SMILES string of the molecule is Cl.OCC(F)(F)[C@H](c1c(Cl)ccc(Cl)c1F)N1CCNCC1. The summed E-state index contributed by atoms with van der Waals surface area (Å²) in [6.45, 7) is 0.185. The number of alkyl halides is 2. The zero-order valence-corrected chi connectivity index (χ0v) is 13.8. The van der Waals surface area contributed by atoms with E-state index in [1.807, 2.05) is 0 Å². The van der Waals surface area contributed by atoms with Crippen molar-refractivity contribution in [1.29, 1.82) is 0 Å². The van der Waals surface area contributed by atoms with Gasteiger partial charge in [0.2, 0.25) is 0 Å². The number of nitrogens with zero attached hydrogens (tertiary/aromatic N) is 1. The lowest BCUT2D eigenvalue weighted by Gasteiger charge is -2.39. The number of hydrogen-bond acceptors (Lipinski definition) is 3. The molecule has 0 amide bonds. The van der Waals surface area contributed by atoms with Crippen LogP contribution in [0.5, 0.6) is 0 Å². The van der Waals surface area contributed by atoms with Gasteiger partial charge >= 0.3 is 0 Å². The summed E-state index contributed by atoms with van der Waals surface area (Å²) in [5.41, 5.74) is -0.370. The molecule has 1 saturated heterocycles. The summed E-state index contributed by atoms with van der Waals surface area (Å²) in [4.78, 5) is 1.41. The average Bonchev–Trinajstić information content (AvgIpc) is 2.48. The van der Waals surface area contributed by atoms with Crippen LogP contribution in [0.2, 0.25) is 10.0 Å². The number of nitrogens with one attached hydrogen (secondary N) is 1. The van der Waals surface area contributed by atoms with Crippen molar-refractivity contribution in [3.63, 3.8) is 0 Å². The van der Waals surface area contributed by atoms with E-state index in [0.29, 0.717) is 26.2 Å². The van der Waals surface area contributed by atoms with Crippen LogP contribution in [-0.4, -0.2) is 48.7 Å². The third-order valence-electron chi connectivity index (χ3n) is 3.48. The molecule has 2 N–H and O–H groups in total. The van der Waals surface area contributed by atoms with Gasteiger partial charge < -0.3 is 10.4 Å². The molecule has 1 atom stereocenters. The molecule has 0 unspecified atom stereocenters. The van der Waals surface area contributed by atoms with E-state index in [-0.39, 0.29) is 28.0 Å². The summed E-state index contributed by atoms with van der Waals surface area (Å²) in [5.74, 6) is -4.51. The number of rotatable bonds is 4. The van der Waals surface area contributed by atoms with Gasteiger partial charge in [0.25, 0.3) is 5.92 Å². The Balaban J connectivity index is 0.00000242. The highest BCUT2D eigenvalue weighted by Gasteiger charge is 2.46. The highest BCUT2D eigenvalue weighted by Crippen LogP contribution is 2.42. The van der Waals surface area contributed by atoms with Crippen LogP contribution in [0.1, 0.15) is 11.6 Å². The van der Waals surface area contributed by atoms with Crippen molar-refractivity contribution in [1.82, 2.24) is 10.2 Å². The van der Waals surface area contributed by atoms with Crippen LogP contribution in [0.15, 0.2) is 12.1 Å². The first-order valence-corrected chi connectivity index (χ1v) is 7.21. The molecule has 126 valence electrons. The maximum Gasteiger partial charge on any atom is 0.290 e. The first kappa shape index (κ1) is 19.8. The lowest BCUT2D eigenvalue weighted by Crippen LogP contribution is -2.51. The number of aliphatic hydroxyl groups is 1. The second-order valence-electron chi connectivity index (χ2n) is 4.86. The Hall–Kier alpha value is -0.240. The molecule has 1 aliphatic heterocycles. The fourth-order valence-corrected chi connectivity index (χ4v) is 2.90. The standard InChI is InChI=1S/C13H15Cl2F3N2O.ClH/c14-8-1-2-9(15)11(16)10(8)12(13(17,18)7-21)20-5-3-19-4-6-20;/h1-2,12,19,21H,3-7H2;1H/t12-;/m0./s1. The molecule has 1 aromatic rings. The van der Waals surface area contributed by atoms with Gasteiger partial charge in [0.15, 0.2) is 0 Å². The maximum atomic E-state index is 14.3. The summed E-state index contributed by atoms with van der Waals surface area (Å²) in [7, 11) is 0. The zero-order chi connectivity index (χ0) is 15.6. The van der Waals surface area contributed by atoms with Crippen LogP contribution in [0.3, 0.4) is 0 Å². The molecule has 1 aliphatic rings. The molecular weight excluding hydrogens is 364 g/mol. The Morgan fingerprint density at radius 2 is 1.77 bits per heavy atom. The van der Waals surface area contributed by atoms with Gasteiger partial charge in [0.1, 0.15) is 18.5 Å². The summed E-state index contributed by atoms with van der Waals surface area (Å²) in [6, 6.07) is 0.843. The fourth-order valence-electron chi connectivity index (χ4n) is 2.48. The maximum absolute atomic E-state index is 14.3. The molecule has 0 radical (unpaired) electrons. The molecule has 1 fully saturated rings. The van der Waals surface area contributed by atoms with Gasteiger partial charge in [-0.1, -0.05) is 23.2 Å².